The Morgan fingerprint density at radius 1 is 1.44 bits per heavy atom. The third-order valence-corrected chi connectivity index (χ3v) is 3.85. The van der Waals surface area contributed by atoms with Gasteiger partial charge in [0.25, 0.3) is 0 Å². The third-order valence-electron chi connectivity index (χ3n) is 2.61. The summed E-state index contributed by atoms with van der Waals surface area (Å²) >= 11 is 1.77. The van der Waals surface area contributed by atoms with Crippen LogP contribution in [0.4, 0.5) is 0 Å². The van der Waals surface area contributed by atoms with Gasteiger partial charge >= 0.3 is 5.97 Å². The average molecular weight is 238 g/mol. The highest BCUT2D eigenvalue weighted by Crippen LogP contribution is 2.24. The van der Waals surface area contributed by atoms with Gasteiger partial charge in [-0.15, -0.1) is 11.8 Å². The average Bonchev–Trinajstić information content (AvgIpc) is 2.80. The first kappa shape index (κ1) is 11.5. The standard InChI is InChI=1S/C12H14O3S/c13-12(14)10-1-3-11(4-2-10)16-8-9-5-6-15-7-9/h1-4,9H,5-8H2,(H,13,14). The Bertz CT molecular complexity index is 355. The third kappa shape index (κ3) is 3.00. The predicted molar refractivity (Wildman–Crippen MR) is 63.1 cm³/mol. The fraction of sp³-hybridized carbons (Fsp3) is 0.417. The van der Waals surface area contributed by atoms with Crippen LogP contribution in [0.5, 0.6) is 0 Å². The molecule has 1 saturated heterocycles. The summed E-state index contributed by atoms with van der Waals surface area (Å²) in [5.74, 6) is 0.816. The molecule has 16 heavy (non-hydrogen) atoms. The summed E-state index contributed by atoms with van der Waals surface area (Å²) in [5, 5.41) is 8.75. The number of aromatic carboxylic acids is 1. The van der Waals surface area contributed by atoms with Crippen LogP contribution in [0.1, 0.15) is 16.8 Å². The van der Waals surface area contributed by atoms with Crippen LogP contribution in [0.3, 0.4) is 0 Å². The molecule has 3 nitrogen and oxygen atoms in total. The van der Waals surface area contributed by atoms with Gasteiger partial charge in [0.2, 0.25) is 0 Å². The molecule has 2 rings (SSSR count). The number of carboxylic acids is 1. The number of carbonyl (C=O) groups is 1. The van der Waals surface area contributed by atoms with Gasteiger partial charge in [0.15, 0.2) is 0 Å². The van der Waals surface area contributed by atoms with Crippen LogP contribution in [-0.2, 0) is 4.74 Å². The summed E-state index contributed by atoms with van der Waals surface area (Å²) in [7, 11) is 0. The zero-order chi connectivity index (χ0) is 11.4. The molecule has 1 N–H and O–H groups in total. The lowest BCUT2D eigenvalue weighted by Gasteiger charge is -2.06. The van der Waals surface area contributed by atoms with E-state index in [0.29, 0.717) is 11.5 Å². The molecule has 0 aromatic heterocycles. The second-order valence-corrected chi connectivity index (χ2v) is 4.96. The highest BCUT2D eigenvalue weighted by atomic mass is 32.2. The van der Waals surface area contributed by atoms with Gasteiger partial charge < -0.3 is 9.84 Å². The fourth-order valence-electron chi connectivity index (χ4n) is 1.62. The van der Waals surface area contributed by atoms with Crippen molar-refractivity contribution in [3.05, 3.63) is 29.8 Å². The van der Waals surface area contributed by atoms with E-state index < -0.39 is 5.97 Å². The summed E-state index contributed by atoms with van der Waals surface area (Å²) in [6.45, 7) is 1.74. The summed E-state index contributed by atoms with van der Waals surface area (Å²) in [6, 6.07) is 7.03. The molecular formula is C12H14O3S. The van der Waals surface area contributed by atoms with Gasteiger partial charge in [-0.1, -0.05) is 0 Å². The van der Waals surface area contributed by atoms with Crippen LogP contribution in [0.15, 0.2) is 29.2 Å². The molecule has 1 unspecified atom stereocenters. The number of carboxylic acid groups (broad SMARTS) is 1. The van der Waals surface area contributed by atoms with E-state index in [-0.39, 0.29) is 0 Å². The smallest absolute Gasteiger partial charge is 0.335 e. The van der Waals surface area contributed by atoms with Crippen LogP contribution < -0.4 is 0 Å². The van der Waals surface area contributed by atoms with Gasteiger partial charge in [0, 0.05) is 17.3 Å². The van der Waals surface area contributed by atoms with Crippen molar-refractivity contribution in [3.8, 4) is 0 Å². The van der Waals surface area contributed by atoms with Crippen molar-refractivity contribution in [1.29, 1.82) is 0 Å². The first-order valence-electron chi connectivity index (χ1n) is 5.29. The zero-order valence-electron chi connectivity index (χ0n) is 8.89. The van der Waals surface area contributed by atoms with Crippen LogP contribution in [0, 0.1) is 5.92 Å². The number of benzene rings is 1. The van der Waals surface area contributed by atoms with Gasteiger partial charge in [0.1, 0.15) is 0 Å². The summed E-state index contributed by atoms with van der Waals surface area (Å²) in [4.78, 5) is 11.8. The van der Waals surface area contributed by atoms with Gasteiger partial charge in [-0.3, -0.25) is 0 Å². The van der Waals surface area contributed by atoms with Gasteiger partial charge in [-0.2, -0.15) is 0 Å². The largest absolute Gasteiger partial charge is 0.478 e. The minimum atomic E-state index is -0.874. The number of hydrogen-bond acceptors (Lipinski definition) is 3. The summed E-state index contributed by atoms with van der Waals surface area (Å²) in [6.07, 6.45) is 1.14. The van der Waals surface area contributed by atoms with Crippen LogP contribution >= 0.6 is 11.8 Å². The first-order chi connectivity index (χ1) is 7.75. The van der Waals surface area contributed by atoms with Gasteiger partial charge in [-0.25, -0.2) is 4.79 Å². The summed E-state index contributed by atoms with van der Waals surface area (Å²) < 4.78 is 5.31. The van der Waals surface area contributed by atoms with Crippen molar-refractivity contribution >= 4 is 17.7 Å². The van der Waals surface area contributed by atoms with Crippen LogP contribution in [0.2, 0.25) is 0 Å². The predicted octanol–water partition coefficient (Wildman–Crippen LogP) is 2.51. The molecular weight excluding hydrogens is 224 g/mol. The lowest BCUT2D eigenvalue weighted by Crippen LogP contribution is -2.02. The monoisotopic (exact) mass is 238 g/mol. The van der Waals surface area contributed by atoms with E-state index >= 15 is 0 Å². The molecule has 0 radical (unpaired) electrons. The maximum Gasteiger partial charge on any atom is 0.335 e. The quantitative estimate of drug-likeness (QED) is 0.819. The maximum absolute atomic E-state index is 10.7. The molecule has 1 aliphatic rings. The van der Waals surface area contributed by atoms with Crippen molar-refractivity contribution in [1.82, 2.24) is 0 Å². The molecule has 1 aliphatic heterocycles. The first-order valence-corrected chi connectivity index (χ1v) is 6.28. The maximum atomic E-state index is 10.7. The number of ether oxygens (including phenoxy) is 1. The second kappa shape index (κ2) is 5.37. The van der Waals surface area contributed by atoms with E-state index in [4.69, 9.17) is 9.84 Å². The van der Waals surface area contributed by atoms with E-state index in [9.17, 15) is 4.79 Å². The fourth-order valence-corrected chi connectivity index (χ4v) is 2.64. The molecule has 1 atom stereocenters. The second-order valence-electron chi connectivity index (χ2n) is 3.87. The SMILES string of the molecule is O=C(O)c1ccc(SCC2CCOC2)cc1. The summed E-state index contributed by atoms with van der Waals surface area (Å²) in [5.41, 5.74) is 0.341. The number of rotatable bonds is 4. The van der Waals surface area contributed by atoms with Gasteiger partial charge in [0.05, 0.1) is 12.2 Å². The Labute approximate surface area is 98.8 Å². The molecule has 0 saturated carbocycles. The molecule has 1 aromatic rings. The Balaban J connectivity index is 1.87. The lowest BCUT2D eigenvalue weighted by molar-refractivity contribution is 0.0697. The van der Waals surface area contributed by atoms with E-state index in [1.165, 1.54) is 0 Å². The Morgan fingerprint density at radius 3 is 2.75 bits per heavy atom. The van der Waals surface area contributed by atoms with E-state index in [1.807, 2.05) is 12.1 Å². The normalized spacial score (nSPS) is 19.9. The van der Waals surface area contributed by atoms with Crippen LogP contribution in [0.25, 0.3) is 0 Å². The van der Waals surface area contributed by atoms with Crippen molar-refractivity contribution < 1.29 is 14.6 Å². The molecule has 0 bridgehead atoms. The Hall–Kier alpha value is -1.00. The minimum absolute atomic E-state index is 0.341. The zero-order valence-corrected chi connectivity index (χ0v) is 9.70. The lowest BCUT2D eigenvalue weighted by atomic mass is 10.2. The van der Waals surface area contributed by atoms with Crippen molar-refractivity contribution in [2.45, 2.75) is 11.3 Å². The molecule has 1 fully saturated rings. The van der Waals surface area contributed by atoms with Crippen LogP contribution in [-0.4, -0.2) is 30.0 Å². The molecule has 0 amide bonds. The van der Waals surface area contributed by atoms with Gasteiger partial charge in [-0.05, 0) is 36.6 Å². The molecule has 1 heterocycles. The molecule has 0 spiro atoms. The molecule has 86 valence electrons. The molecule has 4 heteroatoms. The van der Waals surface area contributed by atoms with Crippen molar-refractivity contribution in [2.75, 3.05) is 19.0 Å². The Morgan fingerprint density at radius 2 is 2.19 bits per heavy atom. The van der Waals surface area contributed by atoms with E-state index in [2.05, 4.69) is 0 Å². The molecule has 1 aromatic carbocycles. The van der Waals surface area contributed by atoms with Crippen molar-refractivity contribution in [3.63, 3.8) is 0 Å². The van der Waals surface area contributed by atoms with E-state index in [1.54, 1.807) is 23.9 Å². The number of hydrogen-bond donors (Lipinski definition) is 1. The highest BCUT2D eigenvalue weighted by Gasteiger charge is 2.15. The topological polar surface area (TPSA) is 46.5 Å². The minimum Gasteiger partial charge on any atom is -0.478 e. The molecule has 0 aliphatic carbocycles. The Kier molecular flexibility index (Phi) is 3.85. The van der Waals surface area contributed by atoms with Crippen molar-refractivity contribution in [2.24, 2.45) is 5.92 Å². The van der Waals surface area contributed by atoms with E-state index in [0.717, 1.165) is 30.3 Å². The highest BCUT2D eigenvalue weighted by molar-refractivity contribution is 7.99. The number of thioether (sulfide) groups is 1.